The summed E-state index contributed by atoms with van der Waals surface area (Å²) in [6.45, 7) is 5.16. The van der Waals surface area contributed by atoms with Crippen LogP contribution in [0.5, 0.6) is 0 Å². The van der Waals surface area contributed by atoms with Gasteiger partial charge < -0.3 is 20.2 Å². The minimum Gasteiger partial charge on any atom is -0.395 e. The number of aliphatic hydroxyl groups excluding tert-OH is 3. The van der Waals surface area contributed by atoms with E-state index in [9.17, 15) is 10.2 Å². The highest BCUT2D eigenvalue weighted by Crippen LogP contribution is 2.22. The molecule has 0 spiro atoms. The average molecular weight is 336 g/mol. The van der Waals surface area contributed by atoms with E-state index in [1.54, 1.807) is 0 Å². The SMILES string of the molecule is CN1C[C@H](O)C(O)C[C@@H]1CO.Cc1ccccc1N1CCCCC1. The number of likely N-dealkylation sites (tertiary alicyclic amines) is 1. The average Bonchev–Trinajstić information content (AvgIpc) is 2.60. The fourth-order valence-electron chi connectivity index (χ4n) is 3.45. The summed E-state index contributed by atoms with van der Waals surface area (Å²) in [5.74, 6) is 0. The van der Waals surface area contributed by atoms with Crippen LogP contribution in [0, 0.1) is 6.92 Å². The van der Waals surface area contributed by atoms with Crippen LogP contribution in [-0.2, 0) is 0 Å². The van der Waals surface area contributed by atoms with E-state index >= 15 is 0 Å². The highest BCUT2D eigenvalue weighted by atomic mass is 16.3. The van der Waals surface area contributed by atoms with Gasteiger partial charge in [0.05, 0.1) is 18.8 Å². The molecule has 2 aliphatic rings. The van der Waals surface area contributed by atoms with Gasteiger partial charge >= 0.3 is 0 Å². The second kappa shape index (κ2) is 9.37. The van der Waals surface area contributed by atoms with Crippen LogP contribution < -0.4 is 4.90 Å². The molecule has 3 atom stereocenters. The van der Waals surface area contributed by atoms with Crippen LogP contribution in [0.3, 0.4) is 0 Å². The van der Waals surface area contributed by atoms with E-state index in [0.717, 1.165) is 0 Å². The summed E-state index contributed by atoms with van der Waals surface area (Å²) >= 11 is 0. The largest absolute Gasteiger partial charge is 0.395 e. The molecule has 24 heavy (non-hydrogen) atoms. The van der Waals surface area contributed by atoms with Crippen molar-refractivity contribution in [2.24, 2.45) is 0 Å². The van der Waals surface area contributed by atoms with Crippen molar-refractivity contribution in [2.75, 3.05) is 38.2 Å². The lowest BCUT2D eigenvalue weighted by Crippen LogP contribution is -2.51. The zero-order valence-corrected chi connectivity index (χ0v) is 14.9. The number of piperidine rings is 2. The number of aliphatic hydroxyl groups is 3. The van der Waals surface area contributed by atoms with Crippen molar-refractivity contribution in [3.63, 3.8) is 0 Å². The van der Waals surface area contributed by atoms with Crippen LogP contribution in [-0.4, -0.2) is 71.8 Å². The van der Waals surface area contributed by atoms with E-state index in [2.05, 4.69) is 36.1 Å². The van der Waals surface area contributed by atoms with Gasteiger partial charge in [-0.2, -0.15) is 0 Å². The number of hydrogen-bond donors (Lipinski definition) is 3. The van der Waals surface area contributed by atoms with E-state index in [1.807, 2.05) is 11.9 Å². The molecule has 0 amide bonds. The molecule has 2 fully saturated rings. The molecule has 2 heterocycles. The Bertz CT molecular complexity index is 491. The van der Waals surface area contributed by atoms with Crippen LogP contribution in [0.4, 0.5) is 5.69 Å². The molecule has 1 aromatic carbocycles. The number of likely N-dealkylation sites (N-methyl/N-ethyl adjacent to an activating group) is 1. The molecule has 0 aromatic heterocycles. The van der Waals surface area contributed by atoms with Crippen molar-refractivity contribution in [2.45, 2.75) is 50.9 Å². The minimum absolute atomic E-state index is 0.00611. The van der Waals surface area contributed by atoms with E-state index in [1.165, 1.54) is 43.6 Å². The Morgan fingerprint density at radius 2 is 1.71 bits per heavy atom. The van der Waals surface area contributed by atoms with Gasteiger partial charge in [0, 0.05) is 31.4 Å². The molecule has 2 aliphatic heterocycles. The van der Waals surface area contributed by atoms with Crippen LogP contribution >= 0.6 is 0 Å². The summed E-state index contributed by atoms with van der Waals surface area (Å²) < 4.78 is 0. The maximum atomic E-state index is 9.21. The first-order valence-electron chi connectivity index (χ1n) is 9.00. The van der Waals surface area contributed by atoms with Gasteiger partial charge in [-0.15, -0.1) is 0 Å². The highest BCUT2D eigenvalue weighted by molar-refractivity contribution is 5.53. The summed E-state index contributed by atoms with van der Waals surface area (Å²) in [7, 11) is 1.83. The first-order chi connectivity index (χ1) is 11.5. The van der Waals surface area contributed by atoms with Crippen molar-refractivity contribution in [3.05, 3.63) is 29.8 Å². The van der Waals surface area contributed by atoms with E-state index < -0.39 is 12.2 Å². The third-order valence-corrected chi connectivity index (χ3v) is 5.08. The van der Waals surface area contributed by atoms with Crippen LogP contribution in [0.2, 0.25) is 0 Å². The van der Waals surface area contributed by atoms with Crippen LogP contribution in [0.15, 0.2) is 24.3 Å². The Labute approximate surface area is 145 Å². The predicted octanol–water partition coefficient (Wildman–Crippen LogP) is 1.39. The van der Waals surface area contributed by atoms with Crippen molar-refractivity contribution in [1.29, 1.82) is 0 Å². The van der Waals surface area contributed by atoms with Crippen molar-refractivity contribution in [3.8, 4) is 0 Å². The number of benzene rings is 1. The fraction of sp³-hybridized carbons (Fsp3) is 0.684. The van der Waals surface area contributed by atoms with Gasteiger partial charge in [-0.05, 0) is 51.3 Å². The van der Waals surface area contributed by atoms with E-state index in [0.29, 0.717) is 13.0 Å². The molecular formula is C19H32N2O3. The topological polar surface area (TPSA) is 67.2 Å². The Balaban J connectivity index is 0.000000177. The molecule has 0 saturated carbocycles. The molecule has 0 aliphatic carbocycles. The first-order valence-corrected chi connectivity index (χ1v) is 9.00. The molecule has 5 nitrogen and oxygen atoms in total. The monoisotopic (exact) mass is 336 g/mol. The Hall–Kier alpha value is -1.14. The normalized spacial score (nSPS) is 28.2. The predicted molar refractivity (Wildman–Crippen MR) is 97.4 cm³/mol. The van der Waals surface area contributed by atoms with Gasteiger partial charge in [-0.25, -0.2) is 0 Å². The van der Waals surface area contributed by atoms with Gasteiger partial charge in [-0.3, -0.25) is 4.90 Å². The van der Waals surface area contributed by atoms with Gasteiger partial charge in [0.2, 0.25) is 0 Å². The number of anilines is 1. The molecule has 136 valence electrons. The molecule has 1 aromatic rings. The highest BCUT2D eigenvalue weighted by Gasteiger charge is 2.30. The van der Waals surface area contributed by atoms with Gasteiger partial charge in [0.15, 0.2) is 0 Å². The van der Waals surface area contributed by atoms with Crippen molar-refractivity contribution < 1.29 is 15.3 Å². The smallest absolute Gasteiger partial charge is 0.0926 e. The van der Waals surface area contributed by atoms with Gasteiger partial charge in [0.1, 0.15) is 0 Å². The van der Waals surface area contributed by atoms with E-state index in [-0.39, 0.29) is 12.6 Å². The second-order valence-corrected chi connectivity index (χ2v) is 6.98. The maximum absolute atomic E-state index is 9.21. The molecule has 5 heteroatoms. The number of para-hydroxylation sites is 1. The number of nitrogens with zero attached hydrogens (tertiary/aromatic N) is 2. The molecule has 1 unspecified atom stereocenters. The van der Waals surface area contributed by atoms with E-state index in [4.69, 9.17) is 5.11 Å². The number of hydrogen-bond acceptors (Lipinski definition) is 5. The quantitative estimate of drug-likeness (QED) is 0.762. The Kier molecular flexibility index (Phi) is 7.49. The van der Waals surface area contributed by atoms with Crippen molar-refractivity contribution in [1.82, 2.24) is 4.90 Å². The lowest BCUT2D eigenvalue weighted by atomic mass is 9.98. The van der Waals surface area contributed by atoms with Gasteiger partial charge in [0.25, 0.3) is 0 Å². The van der Waals surface area contributed by atoms with Gasteiger partial charge in [-0.1, -0.05) is 18.2 Å². The molecular weight excluding hydrogens is 304 g/mol. The zero-order chi connectivity index (χ0) is 17.5. The Morgan fingerprint density at radius 1 is 1.04 bits per heavy atom. The number of β-amino-alcohol motifs (C(OH)–C–C–N with tert-alkyl or cyclic N) is 1. The second-order valence-electron chi connectivity index (χ2n) is 6.98. The summed E-state index contributed by atoms with van der Waals surface area (Å²) in [6, 6.07) is 8.68. The standard InChI is InChI=1S/C12H17N.C7H15NO3/c1-11-7-3-4-8-12(11)13-9-5-2-6-10-13;1-8-3-7(11)6(10)2-5(8)4-9/h3-4,7-8H,2,5-6,9-10H2,1H3;5-7,9-11H,2-4H2,1H3/t;5-,6?,7+/m.1/s1. The Morgan fingerprint density at radius 3 is 2.33 bits per heavy atom. The third kappa shape index (κ3) is 5.18. The summed E-state index contributed by atoms with van der Waals surface area (Å²) in [6.07, 6.45) is 3.23. The number of aryl methyl sites for hydroxylation is 1. The molecule has 0 radical (unpaired) electrons. The molecule has 0 bridgehead atoms. The third-order valence-electron chi connectivity index (χ3n) is 5.08. The molecule has 2 saturated heterocycles. The number of rotatable bonds is 2. The lowest BCUT2D eigenvalue weighted by Gasteiger charge is -2.37. The summed E-state index contributed by atoms with van der Waals surface area (Å²) in [5.41, 5.74) is 2.84. The first kappa shape index (κ1) is 19.2. The molecule has 3 N–H and O–H groups in total. The zero-order valence-electron chi connectivity index (χ0n) is 14.9. The fourth-order valence-corrected chi connectivity index (χ4v) is 3.45. The molecule has 3 rings (SSSR count). The lowest BCUT2D eigenvalue weighted by molar-refractivity contribution is -0.0626. The van der Waals surface area contributed by atoms with Crippen molar-refractivity contribution >= 4 is 5.69 Å². The maximum Gasteiger partial charge on any atom is 0.0926 e. The minimum atomic E-state index is -0.677. The summed E-state index contributed by atoms with van der Waals surface area (Å²) in [5, 5.41) is 27.2. The van der Waals surface area contributed by atoms with Crippen LogP contribution in [0.1, 0.15) is 31.2 Å². The summed E-state index contributed by atoms with van der Waals surface area (Å²) in [4.78, 5) is 4.37. The van der Waals surface area contributed by atoms with Crippen LogP contribution in [0.25, 0.3) is 0 Å².